The number of halogens is 1. The number of aliphatic hydroxyl groups is 1. The fourth-order valence-electron chi connectivity index (χ4n) is 0.851. The number of nitrogens with zero attached hydrogens (tertiary/aromatic N) is 1. The van der Waals surface area contributed by atoms with Gasteiger partial charge in [-0.15, -0.1) is 0 Å². The lowest BCUT2D eigenvalue weighted by molar-refractivity contribution is -0.128. The van der Waals surface area contributed by atoms with Crippen molar-refractivity contribution in [2.24, 2.45) is 5.10 Å². The van der Waals surface area contributed by atoms with E-state index in [1.165, 1.54) is 13.1 Å². The lowest BCUT2D eigenvalue weighted by atomic mass is 10.2. The summed E-state index contributed by atoms with van der Waals surface area (Å²) in [6.07, 6.45) is 0.454. The van der Waals surface area contributed by atoms with Crippen molar-refractivity contribution >= 4 is 28.1 Å². The Morgan fingerprint density at radius 2 is 2.40 bits per heavy atom. The van der Waals surface area contributed by atoms with Crippen LogP contribution in [-0.4, -0.2) is 23.3 Å². The zero-order valence-corrected chi connectivity index (χ0v) is 9.73. The van der Waals surface area contributed by atoms with Crippen molar-refractivity contribution in [2.45, 2.75) is 13.0 Å². The summed E-state index contributed by atoms with van der Waals surface area (Å²) in [4.78, 5) is 10.9. The maximum Gasteiger partial charge on any atom is 0.268 e. The Bertz CT molecular complexity index is 377. The summed E-state index contributed by atoms with van der Waals surface area (Å²) < 4.78 is 0.938. The van der Waals surface area contributed by atoms with Gasteiger partial charge in [-0.25, -0.2) is 5.43 Å². The third-order valence-corrected chi connectivity index (χ3v) is 2.11. The molecule has 0 bridgehead atoms. The quantitative estimate of drug-likeness (QED) is 0.642. The normalized spacial score (nSPS) is 12.7. The molecule has 15 heavy (non-hydrogen) atoms. The Labute approximate surface area is 96.1 Å². The lowest BCUT2D eigenvalue weighted by Crippen LogP contribution is -2.28. The molecule has 0 heterocycles. The van der Waals surface area contributed by atoms with Crippen molar-refractivity contribution in [2.75, 3.05) is 0 Å². The van der Waals surface area contributed by atoms with E-state index < -0.39 is 12.0 Å². The van der Waals surface area contributed by atoms with Gasteiger partial charge in [0.2, 0.25) is 0 Å². The fourth-order valence-corrected chi connectivity index (χ4v) is 1.27. The molecule has 1 aromatic rings. The van der Waals surface area contributed by atoms with Gasteiger partial charge in [-0.05, 0) is 24.6 Å². The SMILES string of the molecule is C[C@@H](O)C(=O)N/N=C\c1cccc(Br)c1. The molecule has 2 N–H and O–H groups in total. The minimum atomic E-state index is -1.05. The molecule has 5 heteroatoms. The van der Waals surface area contributed by atoms with Gasteiger partial charge in [0.05, 0.1) is 6.21 Å². The molecule has 0 saturated carbocycles. The van der Waals surface area contributed by atoms with Crippen LogP contribution in [0.4, 0.5) is 0 Å². The first-order chi connectivity index (χ1) is 7.09. The van der Waals surface area contributed by atoms with Crippen LogP contribution in [0.1, 0.15) is 12.5 Å². The van der Waals surface area contributed by atoms with Crippen LogP contribution in [-0.2, 0) is 4.79 Å². The maximum absolute atomic E-state index is 10.9. The van der Waals surface area contributed by atoms with E-state index in [1.807, 2.05) is 24.3 Å². The number of hydrogen-bond acceptors (Lipinski definition) is 3. The third kappa shape index (κ3) is 4.22. The molecule has 0 unspecified atom stereocenters. The predicted octanol–water partition coefficient (Wildman–Crippen LogP) is 1.28. The molecule has 0 aliphatic carbocycles. The molecule has 4 nitrogen and oxygen atoms in total. The number of hydrogen-bond donors (Lipinski definition) is 2. The highest BCUT2D eigenvalue weighted by molar-refractivity contribution is 9.10. The number of nitrogens with one attached hydrogen (secondary N) is 1. The summed E-state index contributed by atoms with van der Waals surface area (Å²) >= 11 is 3.32. The summed E-state index contributed by atoms with van der Waals surface area (Å²) in [6.45, 7) is 1.38. The molecule has 0 fully saturated rings. The largest absolute Gasteiger partial charge is 0.383 e. The van der Waals surface area contributed by atoms with Crippen LogP contribution in [0.25, 0.3) is 0 Å². The van der Waals surface area contributed by atoms with Crippen molar-refractivity contribution in [1.82, 2.24) is 5.43 Å². The smallest absolute Gasteiger partial charge is 0.268 e. The number of amides is 1. The Morgan fingerprint density at radius 1 is 1.67 bits per heavy atom. The summed E-state index contributed by atoms with van der Waals surface area (Å²) in [5.74, 6) is -0.527. The van der Waals surface area contributed by atoms with E-state index in [1.54, 1.807) is 0 Å². The Morgan fingerprint density at radius 3 is 3.00 bits per heavy atom. The Kier molecular flexibility index (Phi) is 4.45. The van der Waals surface area contributed by atoms with Crippen molar-refractivity contribution in [3.8, 4) is 0 Å². The minimum Gasteiger partial charge on any atom is -0.383 e. The molecule has 1 atom stereocenters. The predicted molar refractivity (Wildman–Crippen MR) is 61.6 cm³/mol. The van der Waals surface area contributed by atoms with Crippen LogP contribution in [0.15, 0.2) is 33.8 Å². The van der Waals surface area contributed by atoms with Crippen molar-refractivity contribution in [1.29, 1.82) is 0 Å². The molecular weight excluding hydrogens is 260 g/mol. The number of carbonyl (C=O) groups excluding carboxylic acids is 1. The van der Waals surface area contributed by atoms with E-state index in [0.717, 1.165) is 10.0 Å². The highest BCUT2D eigenvalue weighted by atomic mass is 79.9. The molecule has 0 spiro atoms. The molecule has 0 saturated heterocycles. The maximum atomic E-state index is 10.9. The standard InChI is InChI=1S/C10H11BrN2O2/c1-7(14)10(15)13-12-6-8-3-2-4-9(11)5-8/h2-7,14H,1H3,(H,13,15)/b12-6-/t7-/m1/s1. The third-order valence-electron chi connectivity index (χ3n) is 1.62. The molecule has 1 amide bonds. The van der Waals surface area contributed by atoms with E-state index in [4.69, 9.17) is 5.11 Å². The van der Waals surface area contributed by atoms with Crippen molar-refractivity contribution in [3.63, 3.8) is 0 Å². The average Bonchev–Trinajstić information content (AvgIpc) is 2.17. The summed E-state index contributed by atoms with van der Waals surface area (Å²) in [7, 11) is 0. The van der Waals surface area contributed by atoms with Crippen LogP contribution in [0.2, 0.25) is 0 Å². The van der Waals surface area contributed by atoms with Crippen LogP contribution >= 0.6 is 15.9 Å². The van der Waals surface area contributed by atoms with Gasteiger partial charge in [0.1, 0.15) is 6.10 Å². The summed E-state index contributed by atoms with van der Waals surface area (Å²) in [5.41, 5.74) is 3.07. The van der Waals surface area contributed by atoms with Gasteiger partial charge in [-0.2, -0.15) is 5.10 Å². The Balaban J connectivity index is 2.55. The van der Waals surface area contributed by atoms with Crippen molar-refractivity contribution < 1.29 is 9.90 Å². The van der Waals surface area contributed by atoms with E-state index in [2.05, 4.69) is 26.5 Å². The first-order valence-corrected chi connectivity index (χ1v) is 5.15. The molecule has 80 valence electrons. The molecule has 1 aromatic carbocycles. The molecule has 0 aromatic heterocycles. The average molecular weight is 271 g/mol. The van der Waals surface area contributed by atoms with Crippen LogP contribution in [0, 0.1) is 0 Å². The highest BCUT2D eigenvalue weighted by Crippen LogP contribution is 2.09. The number of hydrazone groups is 1. The summed E-state index contributed by atoms with van der Waals surface area (Å²) in [6, 6.07) is 7.47. The van der Waals surface area contributed by atoms with E-state index in [9.17, 15) is 4.79 Å². The van der Waals surface area contributed by atoms with E-state index in [0.29, 0.717) is 0 Å². The molecule has 0 aliphatic heterocycles. The first kappa shape index (κ1) is 11.9. The summed E-state index contributed by atoms with van der Waals surface area (Å²) in [5, 5.41) is 12.6. The fraction of sp³-hybridized carbons (Fsp3) is 0.200. The highest BCUT2D eigenvalue weighted by Gasteiger charge is 2.05. The lowest BCUT2D eigenvalue weighted by Gasteiger charge is -2.00. The second-order valence-corrected chi connectivity index (χ2v) is 3.88. The van der Waals surface area contributed by atoms with Crippen molar-refractivity contribution in [3.05, 3.63) is 34.3 Å². The molecule has 1 rings (SSSR count). The topological polar surface area (TPSA) is 61.7 Å². The van der Waals surface area contributed by atoms with Crippen LogP contribution in [0.3, 0.4) is 0 Å². The zero-order chi connectivity index (χ0) is 11.3. The van der Waals surface area contributed by atoms with Gasteiger partial charge in [0.15, 0.2) is 0 Å². The second-order valence-electron chi connectivity index (χ2n) is 2.97. The monoisotopic (exact) mass is 270 g/mol. The van der Waals surface area contributed by atoms with Gasteiger partial charge >= 0.3 is 0 Å². The second kappa shape index (κ2) is 5.63. The van der Waals surface area contributed by atoms with Gasteiger partial charge < -0.3 is 5.11 Å². The molecular formula is C10H11BrN2O2. The van der Waals surface area contributed by atoms with E-state index >= 15 is 0 Å². The number of rotatable bonds is 3. The van der Waals surface area contributed by atoms with Gasteiger partial charge in [-0.1, -0.05) is 28.1 Å². The van der Waals surface area contributed by atoms with Crippen LogP contribution < -0.4 is 5.43 Å². The zero-order valence-electron chi connectivity index (χ0n) is 8.14. The van der Waals surface area contributed by atoms with Gasteiger partial charge in [0.25, 0.3) is 5.91 Å². The van der Waals surface area contributed by atoms with Gasteiger partial charge in [0, 0.05) is 4.47 Å². The number of aliphatic hydroxyl groups excluding tert-OH is 1. The molecule has 0 radical (unpaired) electrons. The van der Waals surface area contributed by atoms with Crippen LogP contribution in [0.5, 0.6) is 0 Å². The Hall–Kier alpha value is -1.20. The van der Waals surface area contributed by atoms with Gasteiger partial charge in [-0.3, -0.25) is 4.79 Å². The van der Waals surface area contributed by atoms with E-state index in [-0.39, 0.29) is 0 Å². The molecule has 0 aliphatic rings. The number of benzene rings is 1. The first-order valence-electron chi connectivity index (χ1n) is 4.36. The minimum absolute atomic E-state index is 0.527. The number of carbonyl (C=O) groups is 1.